The molecule has 1 saturated heterocycles. The molecule has 0 aliphatic carbocycles. The van der Waals surface area contributed by atoms with Gasteiger partial charge in [-0.1, -0.05) is 11.6 Å². The number of pyridine rings is 1. The van der Waals surface area contributed by atoms with Crippen molar-refractivity contribution in [1.82, 2.24) is 15.6 Å². The minimum Gasteiger partial charge on any atom is -0.347 e. The molecule has 0 bridgehead atoms. The maximum absolute atomic E-state index is 13.0. The Balaban J connectivity index is 1.56. The highest BCUT2D eigenvalue weighted by atomic mass is 35.5. The van der Waals surface area contributed by atoms with Crippen molar-refractivity contribution < 1.29 is 9.59 Å². The van der Waals surface area contributed by atoms with Gasteiger partial charge in [0.2, 0.25) is 0 Å². The van der Waals surface area contributed by atoms with E-state index in [1.54, 1.807) is 41.4 Å². The van der Waals surface area contributed by atoms with Crippen molar-refractivity contribution in [1.29, 1.82) is 0 Å². The number of hydrogen-bond donors (Lipinski definition) is 3. The molecule has 1 atom stereocenters. The van der Waals surface area contributed by atoms with E-state index in [1.807, 2.05) is 0 Å². The zero-order chi connectivity index (χ0) is 20.0. The third-order valence-electron chi connectivity index (χ3n) is 5.17. The lowest BCUT2D eigenvalue weighted by molar-refractivity contribution is 0.0935. The van der Waals surface area contributed by atoms with Gasteiger partial charge in [0, 0.05) is 23.8 Å². The zero-order valence-corrected chi connectivity index (χ0v) is 16.9. The van der Waals surface area contributed by atoms with Crippen LogP contribution in [0.2, 0.25) is 5.02 Å². The molecule has 9 heteroatoms. The predicted molar refractivity (Wildman–Crippen MR) is 116 cm³/mol. The van der Waals surface area contributed by atoms with Crippen LogP contribution in [-0.4, -0.2) is 36.1 Å². The molecule has 2 aromatic heterocycles. The van der Waals surface area contributed by atoms with Crippen LogP contribution in [0.1, 0.15) is 22.5 Å². The number of aromatic nitrogens is 1. The molecule has 1 fully saturated rings. The molecule has 4 heterocycles. The Hall–Kier alpha value is -2.68. The Kier molecular flexibility index (Phi) is 4.61. The average molecular weight is 428 g/mol. The van der Waals surface area contributed by atoms with E-state index < -0.39 is 0 Å². The van der Waals surface area contributed by atoms with Crippen LogP contribution in [0.4, 0.5) is 21.9 Å². The standard InChI is InChI=1S/C20H18ClN5O2S/c21-11-3-5-13(6-4-11)26-14-7-9-23-19-15(14)16(25-20(26)28)17(29-19)18(27)24-12-2-1-8-22-10-12/h3-7,9,12,22H,1-2,8,10H2,(H,24,27)(H,25,28). The van der Waals surface area contributed by atoms with Gasteiger partial charge in [0.05, 0.1) is 22.4 Å². The molecule has 0 radical (unpaired) electrons. The first kappa shape index (κ1) is 18.4. The summed E-state index contributed by atoms with van der Waals surface area (Å²) in [5, 5.41) is 10.6. The van der Waals surface area contributed by atoms with Crippen LogP contribution in [0.5, 0.6) is 0 Å². The number of anilines is 3. The second-order valence-corrected chi connectivity index (χ2v) is 8.51. The molecule has 0 spiro atoms. The quantitative estimate of drug-likeness (QED) is 0.587. The van der Waals surface area contributed by atoms with Gasteiger partial charge in [-0.25, -0.2) is 9.78 Å². The number of carbonyl (C=O) groups is 2. The molecule has 148 valence electrons. The Bertz CT molecular complexity index is 1110. The number of carbonyl (C=O) groups excluding carboxylic acids is 2. The van der Waals surface area contributed by atoms with Crippen LogP contribution >= 0.6 is 22.9 Å². The molecule has 0 saturated carbocycles. The molecule has 3 aromatic rings. The molecule has 2 aliphatic heterocycles. The molecular weight excluding hydrogens is 410 g/mol. The second-order valence-electron chi connectivity index (χ2n) is 7.08. The van der Waals surface area contributed by atoms with Crippen molar-refractivity contribution in [3.63, 3.8) is 0 Å². The van der Waals surface area contributed by atoms with Crippen molar-refractivity contribution in [2.24, 2.45) is 0 Å². The van der Waals surface area contributed by atoms with E-state index in [0.29, 0.717) is 31.8 Å². The zero-order valence-electron chi connectivity index (χ0n) is 15.4. The van der Waals surface area contributed by atoms with Gasteiger partial charge in [0.15, 0.2) is 0 Å². The number of urea groups is 1. The van der Waals surface area contributed by atoms with Gasteiger partial charge in [0.25, 0.3) is 5.91 Å². The van der Waals surface area contributed by atoms with Crippen molar-refractivity contribution in [3.05, 3.63) is 46.4 Å². The van der Waals surface area contributed by atoms with Gasteiger partial charge in [-0.15, -0.1) is 11.3 Å². The summed E-state index contributed by atoms with van der Waals surface area (Å²) in [6, 6.07) is 8.61. The van der Waals surface area contributed by atoms with Crippen molar-refractivity contribution in [2.75, 3.05) is 23.3 Å². The molecular formula is C20H18ClN5O2S. The highest BCUT2D eigenvalue weighted by molar-refractivity contribution is 7.21. The van der Waals surface area contributed by atoms with Gasteiger partial charge in [-0.05, 0) is 49.7 Å². The number of halogens is 1. The molecule has 5 rings (SSSR count). The van der Waals surface area contributed by atoms with Gasteiger partial charge in [-0.2, -0.15) is 0 Å². The summed E-state index contributed by atoms with van der Waals surface area (Å²) in [4.78, 5) is 33.1. The number of nitrogens with zero attached hydrogens (tertiary/aromatic N) is 2. The lowest BCUT2D eigenvalue weighted by Gasteiger charge is -2.28. The van der Waals surface area contributed by atoms with Crippen LogP contribution < -0.4 is 20.9 Å². The van der Waals surface area contributed by atoms with Gasteiger partial charge >= 0.3 is 6.03 Å². The SMILES string of the molecule is O=C(NC1CCCNC1)c1sc2nccc3c2c1NC(=O)N3c1ccc(Cl)cc1. The highest BCUT2D eigenvalue weighted by Gasteiger charge is 2.33. The normalized spacial score (nSPS) is 18.6. The highest BCUT2D eigenvalue weighted by Crippen LogP contribution is 2.45. The fourth-order valence-electron chi connectivity index (χ4n) is 3.82. The van der Waals surface area contributed by atoms with Gasteiger partial charge < -0.3 is 16.0 Å². The summed E-state index contributed by atoms with van der Waals surface area (Å²) in [5.74, 6) is -0.178. The van der Waals surface area contributed by atoms with Crippen molar-refractivity contribution >= 4 is 62.2 Å². The maximum atomic E-state index is 13.0. The van der Waals surface area contributed by atoms with Gasteiger partial charge in [0.1, 0.15) is 9.71 Å². The van der Waals surface area contributed by atoms with Crippen LogP contribution in [0.25, 0.3) is 10.2 Å². The first-order valence-electron chi connectivity index (χ1n) is 9.41. The number of amides is 3. The van der Waals surface area contributed by atoms with E-state index in [1.165, 1.54) is 11.3 Å². The smallest absolute Gasteiger partial charge is 0.331 e. The number of hydrogen-bond acceptors (Lipinski definition) is 5. The topological polar surface area (TPSA) is 86.4 Å². The first-order valence-corrected chi connectivity index (χ1v) is 10.6. The first-order chi connectivity index (χ1) is 14.1. The Labute approximate surface area is 176 Å². The van der Waals surface area contributed by atoms with Crippen LogP contribution in [0.3, 0.4) is 0 Å². The van der Waals surface area contributed by atoms with E-state index in [0.717, 1.165) is 31.3 Å². The number of benzene rings is 1. The monoisotopic (exact) mass is 427 g/mol. The summed E-state index contributed by atoms with van der Waals surface area (Å²) >= 11 is 7.29. The van der Waals surface area contributed by atoms with Crippen molar-refractivity contribution in [2.45, 2.75) is 18.9 Å². The van der Waals surface area contributed by atoms with E-state index in [9.17, 15) is 9.59 Å². The van der Waals surface area contributed by atoms with Crippen LogP contribution in [0.15, 0.2) is 36.5 Å². The Morgan fingerprint density at radius 3 is 2.86 bits per heavy atom. The largest absolute Gasteiger partial charge is 0.347 e. The summed E-state index contributed by atoms with van der Waals surface area (Å²) < 4.78 is 0. The van der Waals surface area contributed by atoms with Gasteiger partial charge in [-0.3, -0.25) is 9.69 Å². The fraction of sp³-hybridized carbons (Fsp3) is 0.250. The minimum atomic E-state index is -0.320. The third kappa shape index (κ3) is 3.23. The summed E-state index contributed by atoms with van der Waals surface area (Å²) in [7, 11) is 0. The predicted octanol–water partition coefficient (Wildman–Crippen LogP) is 4.12. The van der Waals surface area contributed by atoms with Crippen molar-refractivity contribution in [3.8, 4) is 0 Å². The summed E-state index contributed by atoms with van der Waals surface area (Å²) in [5.41, 5.74) is 1.92. The number of thiophene rings is 1. The second kappa shape index (κ2) is 7.29. The van der Waals surface area contributed by atoms with Crippen LogP contribution in [0, 0.1) is 0 Å². The van der Waals surface area contributed by atoms with E-state index in [4.69, 9.17) is 11.6 Å². The van der Waals surface area contributed by atoms with Crippen LogP contribution in [-0.2, 0) is 0 Å². The fourth-order valence-corrected chi connectivity index (χ4v) is 4.97. The van der Waals surface area contributed by atoms with E-state index >= 15 is 0 Å². The average Bonchev–Trinajstić information content (AvgIpc) is 3.10. The lowest BCUT2D eigenvalue weighted by Crippen LogP contribution is -2.45. The van der Waals surface area contributed by atoms with E-state index in [-0.39, 0.29) is 18.0 Å². The molecule has 7 nitrogen and oxygen atoms in total. The summed E-state index contributed by atoms with van der Waals surface area (Å²) in [6.45, 7) is 1.73. The number of rotatable bonds is 3. The molecule has 1 aromatic carbocycles. The molecule has 2 aliphatic rings. The number of nitrogens with one attached hydrogen (secondary N) is 3. The summed E-state index contributed by atoms with van der Waals surface area (Å²) in [6.07, 6.45) is 3.63. The minimum absolute atomic E-state index is 0.0888. The third-order valence-corrected chi connectivity index (χ3v) is 6.52. The number of piperidine rings is 1. The molecule has 29 heavy (non-hydrogen) atoms. The Morgan fingerprint density at radius 2 is 2.10 bits per heavy atom. The molecule has 3 N–H and O–H groups in total. The Morgan fingerprint density at radius 1 is 1.28 bits per heavy atom. The van der Waals surface area contributed by atoms with E-state index in [2.05, 4.69) is 20.9 Å². The molecule has 3 amide bonds. The molecule has 1 unspecified atom stereocenters. The maximum Gasteiger partial charge on any atom is 0.331 e. The lowest BCUT2D eigenvalue weighted by atomic mass is 10.1.